The van der Waals surface area contributed by atoms with Gasteiger partial charge < -0.3 is 10.2 Å². The monoisotopic (exact) mass is 319 g/mol. The number of aromatic nitrogens is 1. The molecule has 3 rings (SSSR count). The zero-order chi connectivity index (χ0) is 14.5. The summed E-state index contributed by atoms with van der Waals surface area (Å²) >= 11 is 3.88. The minimum absolute atomic E-state index is 0.904. The predicted octanol–water partition coefficient (Wildman–Crippen LogP) is 3.47. The van der Waals surface area contributed by atoms with Crippen LogP contribution in [0.25, 0.3) is 11.3 Å². The lowest BCUT2D eigenvalue weighted by Crippen LogP contribution is -2.32. The molecule has 3 nitrogen and oxygen atoms in total. The third-order valence-corrected chi connectivity index (χ3v) is 5.61. The maximum absolute atomic E-state index is 4.95. The molecule has 1 aliphatic rings. The van der Waals surface area contributed by atoms with E-state index in [0.717, 1.165) is 31.9 Å². The molecule has 0 unspecified atom stereocenters. The van der Waals surface area contributed by atoms with E-state index in [1.165, 1.54) is 27.1 Å². The first-order valence-corrected chi connectivity index (χ1v) is 9.44. The quantitative estimate of drug-likeness (QED) is 0.913. The first kappa shape index (κ1) is 14.9. The SMILES string of the molecule is CCNCc1sc(N2CCSCC2)nc1-c1ccccc1. The molecule has 5 heteroatoms. The minimum atomic E-state index is 0.904. The van der Waals surface area contributed by atoms with E-state index < -0.39 is 0 Å². The summed E-state index contributed by atoms with van der Waals surface area (Å²) in [7, 11) is 0. The molecule has 21 heavy (non-hydrogen) atoms. The Hall–Kier alpha value is -1.04. The molecule has 0 saturated carbocycles. The van der Waals surface area contributed by atoms with Crippen LogP contribution in [0, 0.1) is 0 Å². The normalized spacial score (nSPS) is 15.4. The molecule has 1 saturated heterocycles. The average molecular weight is 319 g/mol. The summed E-state index contributed by atoms with van der Waals surface area (Å²) in [6.07, 6.45) is 0. The van der Waals surface area contributed by atoms with Gasteiger partial charge >= 0.3 is 0 Å². The van der Waals surface area contributed by atoms with Gasteiger partial charge in [-0.05, 0) is 6.54 Å². The van der Waals surface area contributed by atoms with E-state index in [2.05, 4.69) is 47.5 Å². The maximum atomic E-state index is 4.95. The highest BCUT2D eigenvalue weighted by molar-refractivity contribution is 7.99. The Labute approximate surface area is 134 Å². The molecule has 0 bridgehead atoms. The van der Waals surface area contributed by atoms with Crippen LogP contribution in [-0.4, -0.2) is 36.1 Å². The molecule has 1 aromatic carbocycles. The fraction of sp³-hybridized carbons (Fsp3) is 0.438. The van der Waals surface area contributed by atoms with Gasteiger partial charge in [0.15, 0.2) is 5.13 Å². The summed E-state index contributed by atoms with van der Waals surface area (Å²) in [5.74, 6) is 2.42. The Kier molecular flexibility index (Phi) is 5.17. The van der Waals surface area contributed by atoms with E-state index in [4.69, 9.17) is 4.98 Å². The van der Waals surface area contributed by atoms with Gasteiger partial charge in [0.05, 0.1) is 5.69 Å². The largest absolute Gasteiger partial charge is 0.346 e. The molecule has 1 aromatic heterocycles. The van der Waals surface area contributed by atoms with Gasteiger partial charge in [-0.1, -0.05) is 48.6 Å². The summed E-state index contributed by atoms with van der Waals surface area (Å²) in [6.45, 7) is 6.27. The van der Waals surface area contributed by atoms with Crippen molar-refractivity contribution in [3.05, 3.63) is 35.2 Å². The van der Waals surface area contributed by atoms with Crippen LogP contribution >= 0.6 is 23.1 Å². The molecule has 1 aliphatic heterocycles. The van der Waals surface area contributed by atoms with Gasteiger partial charge in [-0.2, -0.15) is 11.8 Å². The molecule has 1 fully saturated rings. The number of benzene rings is 1. The van der Waals surface area contributed by atoms with Crippen molar-refractivity contribution in [1.82, 2.24) is 10.3 Å². The predicted molar refractivity (Wildman–Crippen MR) is 94.5 cm³/mol. The molecule has 0 atom stereocenters. The van der Waals surface area contributed by atoms with Crippen LogP contribution in [0.3, 0.4) is 0 Å². The van der Waals surface area contributed by atoms with Gasteiger partial charge in [-0.15, -0.1) is 0 Å². The number of thiazole rings is 1. The molecule has 0 aliphatic carbocycles. The van der Waals surface area contributed by atoms with Crippen molar-refractivity contribution < 1.29 is 0 Å². The summed E-state index contributed by atoms with van der Waals surface area (Å²) < 4.78 is 0. The van der Waals surface area contributed by atoms with Crippen LogP contribution in [0.15, 0.2) is 30.3 Å². The van der Waals surface area contributed by atoms with Crippen molar-refractivity contribution in [3.8, 4) is 11.3 Å². The number of hydrogen-bond acceptors (Lipinski definition) is 5. The smallest absolute Gasteiger partial charge is 0.186 e. The van der Waals surface area contributed by atoms with E-state index in [1.54, 1.807) is 0 Å². The second-order valence-corrected chi connectivity index (χ2v) is 7.30. The molecule has 2 aromatic rings. The highest BCUT2D eigenvalue weighted by atomic mass is 32.2. The highest BCUT2D eigenvalue weighted by Crippen LogP contribution is 2.34. The topological polar surface area (TPSA) is 28.2 Å². The zero-order valence-corrected chi connectivity index (χ0v) is 14.0. The second-order valence-electron chi connectivity index (χ2n) is 5.01. The molecule has 0 spiro atoms. The van der Waals surface area contributed by atoms with Crippen molar-refractivity contribution in [2.75, 3.05) is 36.0 Å². The molecular formula is C16H21N3S2. The van der Waals surface area contributed by atoms with E-state index in [-0.39, 0.29) is 0 Å². The maximum Gasteiger partial charge on any atom is 0.186 e. The molecule has 2 heterocycles. The fourth-order valence-electron chi connectivity index (χ4n) is 2.41. The first-order valence-electron chi connectivity index (χ1n) is 7.47. The summed E-state index contributed by atoms with van der Waals surface area (Å²) in [5.41, 5.74) is 2.37. The van der Waals surface area contributed by atoms with Gasteiger partial charge in [0.1, 0.15) is 0 Å². The van der Waals surface area contributed by atoms with E-state index in [1.807, 2.05) is 23.1 Å². The van der Waals surface area contributed by atoms with Crippen molar-refractivity contribution >= 4 is 28.2 Å². The minimum Gasteiger partial charge on any atom is -0.346 e. The lowest BCUT2D eigenvalue weighted by atomic mass is 10.1. The van der Waals surface area contributed by atoms with Gasteiger partial charge in [0.2, 0.25) is 0 Å². The lowest BCUT2D eigenvalue weighted by Gasteiger charge is -2.25. The zero-order valence-electron chi connectivity index (χ0n) is 12.3. The third-order valence-electron chi connectivity index (χ3n) is 3.55. The Morgan fingerprint density at radius 1 is 1.19 bits per heavy atom. The van der Waals surface area contributed by atoms with Crippen molar-refractivity contribution in [2.45, 2.75) is 13.5 Å². The number of nitrogens with one attached hydrogen (secondary N) is 1. The van der Waals surface area contributed by atoms with E-state index in [0.29, 0.717) is 0 Å². The number of thioether (sulfide) groups is 1. The molecule has 1 N–H and O–H groups in total. The van der Waals surface area contributed by atoms with E-state index in [9.17, 15) is 0 Å². The van der Waals surface area contributed by atoms with Crippen LogP contribution in [0.2, 0.25) is 0 Å². The van der Waals surface area contributed by atoms with Crippen molar-refractivity contribution in [2.24, 2.45) is 0 Å². The van der Waals surface area contributed by atoms with Crippen molar-refractivity contribution in [1.29, 1.82) is 0 Å². The summed E-state index contributed by atoms with van der Waals surface area (Å²) in [4.78, 5) is 8.73. The van der Waals surface area contributed by atoms with Crippen LogP contribution in [-0.2, 0) is 6.54 Å². The molecule has 112 valence electrons. The Morgan fingerprint density at radius 3 is 2.67 bits per heavy atom. The second kappa shape index (κ2) is 7.29. The Bertz CT molecular complexity index is 562. The summed E-state index contributed by atoms with van der Waals surface area (Å²) in [5, 5.41) is 4.62. The van der Waals surface area contributed by atoms with Crippen LogP contribution in [0.1, 0.15) is 11.8 Å². The Balaban J connectivity index is 1.90. The Morgan fingerprint density at radius 2 is 1.95 bits per heavy atom. The standard InChI is InChI=1S/C16H21N3S2/c1-2-17-12-14-15(13-6-4-3-5-7-13)18-16(21-14)19-8-10-20-11-9-19/h3-7,17H,2,8-12H2,1H3. The lowest BCUT2D eigenvalue weighted by molar-refractivity contribution is 0.735. The number of nitrogens with zero attached hydrogens (tertiary/aromatic N) is 2. The van der Waals surface area contributed by atoms with Crippen molar-refractivity contribution in [3.63, 3.8) is 0 Å². The van der Waals surface area contributed by atoms with Crippen LogP contribution in [0.4, 0.5) is 5.13 Å². The third kappa shape index (κ3) is 3.59. The van der Waals surface area contributed by atoms with Gasteiger partial charge in [-0.25, -0.2) is 4.98 Å². The highest BCUT2D eigenvalue weighted by Gasteiger charge is 2.18. The first-order chi connectivity index (χ1) is 10.4. The van der Waals surface area contributed by atoms with E-state index >= 15 is 0 Å². The molecule has 0 radical (unpaired) electrons. The van der Waals surface area contributed by atoms with Crippen LogP contribution < -0.4 is 10.2 Å². The number of hydrogen-bond donors (Lipinski definition) is 1. The summed E-state index contributed by atoms with van der Waals surface area (Å²) in [6, 6.07) is 10.5. The van der Waals surface area contributed by atoms with Gasteiger partial charge in [0.25, 0.3) is 0 Å². The molecular weight excluding hydrogens is 298 g/mol. The van der Waals surface area contributed by atoms with Crippen LogP contribution in [0.5, 0.6) is 0 Å². The average Bonchev–Trinajstić information content (AvgIpc) is 2.99. The fourth-order valence-corrected chi connectivity index (χ4v) is 4.42. The number of rotatable bonds is 5. The van der Waals surface area contributed by atoms with Gasteiger partial charge in [-0.3, -0.25) is 0 Å². The molecule has 0 amide bonds. The number of anilines is 1. The van der Waals surface area contributed by atoms with Gasteiger partial charge in [0, 0.05) is 41.6 Å².